The topological polar surface area (TPSA) is 47.0 Å². The summed E-state index contributed by atoms with van der Waals surface area (Å²) in [6.45, 7) is 0. The molecule has 0 saturated carbocycles. The number of nitrogens with zero attached hydrogens (tertiary/aromatic N) is 1. The summed E-state index contributed by atoms with van der Waals surface area (Å²) in [5.41, 5.74) is -1.31. The second kappa shape index (κ2) is 3.19. The van der Waals surface area contributed by atoms with Gasteiger partial charge in [0.05, 0.1) is 5.56 Å². The number of rotatable bonds is 1. The predicted molar refractivity (Wildman–Crippen MR) is 37.5 cm³/mol. The fourth-order valence-corrected chi connectivity index (χ4v) is 1.16. The highest BCUT2D eigenvalue weighted by Crippen LogP contribution is 2.29. The van der Waals surface area contributed by atoms with E-state index in [1.54, 1.807) is 0 Å². The first-order valence-corrected chi connectivity index (χ1v) is 4.56. The van der Waals surface area contributed by atoms with Gasteiger partial charge >= 0.3 is 16.4 Å². The zero-order valence-corrected chi connectivity index (χ0v) is 7.23. The zero-order chi connectivity index (χ0) is 11.0. The van der Waals surface area contributed by atoms with E-state index in [1.807, 2.05) is 0 Å². The molecule has 78 valence electrons. The molecule has 0 aliphatic heterocycles. The van der Waals surface area contributed by atoms with Crippen molar-refractivity contribution in [2.45, 2.75) is 11.1 Å². The van der Waals surface area contributed by atoms with Gasteiger partial charge in [-0.3, -0.25) is 4.98 Å². The molecule has 0 aliphatic rings. The van der Waals surface area contributed by atoms with E-state index in [0.29, 0.717) is 12.4 Å². The van der Waals surface area contributed by atoms with Gasteiger partial charge in [-0.2, -0.15) is 21.6 Å². The highest BCUT2D eigenvalue weighted by molar-refractivity contribution is 7.86. The van der Waals surface area contributed by atoms with Crippen LogP contribution in [0.2, 0.25) is 0 Å². The molecule has 0 aliphatic carbocycles. The van der Waals surface area contributed by atoms with Crippen molar-refractivity contribution in [3.63, 3.8) is 0 Å². The van der Waals surface area contributed by atoms with E-state index in [4.69, 9.17) is 0 Å². The summed E-state index contributed by atoms with van der Waals surface area (Å²) < 4.78 is 68.7. The number of hydrogen-bond acceptors (Lipinski definition) is 3. The van der Waals surface area contributed by atoms with Gasteiger partial charge in [0.15, 0.2) is 0 Å². The van der Waals surface area contributed by atoms with E-state index in [0.717, 1.165) is 0 Å². The van der Waals surface area contributed by atoms with E-state index in [-0.39, 0.29) is 6.07 Å². The van der Waals surface area contributed by atoms with E-state index < -0.39 is 26.9 Å². The van der Waals surface area contributed by atoms with Gasteiger partial charge in [-0.1, -0.05) is 0 Å². The minimum atomic E-state index is -5.15. The van der Waals surface area contributed by atoms with Crippen LogP contribution in [-0.4, -0.2) is 13.4 Å². The average Bonchev–Trinajstić information content (AvgIpc) is 2.01. The third-order valence-electron chi connectivity index (χ3n) is 1.32. The molecule has 3 nitrogen and oxygen atoms in total. The molecular formula is C6H3F4NO2S. The third-order valence-corrected chi connectivity index (χ3v) is 2.11. The quantitative estimate of drug-likeness (QED) is 0.544. The molecule has 0 bridgehead atoms. The fraction of sp³-hybridized carbons (Fsp3) is 0.167. The van der Waals surface area contributed by atoms with Crippen LogP contribution in [0.25, 0.3) is 0 Å². The molecule has 1 heterocycles. The fourth-order valence-electron chi connectivity index (χ4n) is 0.707. The molecule has 0 atom stereocenters. The van der Waals surface area contributed by atoms with Crippen molar-refractivity contribution < 1.29 is 25.5 Å². The standard InChI is InChI=1S/C6H3F4NO2S/c7-6(8,9)4-1-5(3-11-2-4)14(10,12)13/h1-3H. The molecule has 0 saturated heterocycles. The molecule has 1 aromatic rings. The van der Waals surface area contributed by atoms with Crippen LogP contribution in [0.4, 0.5) is 17.1 Å². The van der Waals surface area contributed by atoms with Gasteiger partial charge in [0.2, 0.25) is 0 Å². The summed E-state index contributed by atoms with van der Waals surface area (Å²) in [6.07, 6.45) is -3.83. The third kappa shape index (κ3) is 2.41. The Morgan fingerprint density at radius 3 is 2.21 bits per heavy atom. The molecule has 14 heavy (non-hydrogen) atoms. The summed E-state index contributed by atoms with van der Waals surface area (Å²) in [7, 11) is -5.15. The SMILES string of the molecule is O=S(=O)(F)c1cncc(C(F)(F)F)c1. The number of halogens is 4. The van der Waals surface area contributed by atoms with Crippen LogP contribution in [0, 0.1) is 0 Å². The number of hydrogen-bond donors (Lipinski definition) is 0. The smallest absolute Gasteiger partial charge is 0.263 e. The first kappa shape index (κ1) is 10.9. The van der Waals surface area contributed by atoms with E-state index in [1.165, 1.54) is 0 Å². The lowest BCUT2D eigenvalue weighted by atomic mass is 10.3. The van der Waals surface area contributed by atoms with E-state index in [2.05, 4.69) is 4.98 Å². The van der Waals surface area contributed by atoms with Crippen LogP contribution < -0.4 is 0 Å². The Bertz CT molecular complexity index is 439. The van der Waals surface area contributed by atoms with Crippen LogP contribution in [0.5, 0.6) is 0 Å². The largest absolute Gasteiger partial charge is 0.417 e. The Balaban J connectivity index is 3.29. The van der Waals surface area contributed by atoms with Crippen LogP contribution in [0.15, 0.2) is 23.4 Å². The minimum absolute atomic E-state index is 0.183. The van der Waals surface area contributed by atoms with E-state index >= 15 is 0 Å². The Hall–Kier alpha value is -1.18. The molecule has 0 fully saturated rings. The summed E-state index contributed by atoms with van der Waals surface area (Å²) >= 11 is 0. The normalized spacial score (nSPS) is 12.9. The molecular weight excluding hydrogens is 226 g/mol. The summed E-state index contributed by atoms with van der Waals surface area (Å²) in [4.78, 5) is 1.87. The number of pyridine rings is 1. The van der Waals surface area contributed by atoms with Gasteiger partial charge in [0.1, 0.15) is 4.90 Å². The highest BCUT2D eigenvalue weighted by atomic mass is 32.3. The first-order valence-electron chi connectivity index (χ1n) is 3.18. The van der Waals surface area contributed by atoms with E-state index in [9.17, 15) is 25.5 Å². The molecule has 0 unspecified atom stereocenters. The lowest BCUT2D eigenvalue weighted by molar-refractivity contribution is -0.138. The highest BCUT2D eigenvalue weighted by Gasteiger charge is 2.32. The van der Waals surface area contributed by atoms with Gasteiger partial charge < -0.3 is 0 Å². The van der Waals surface area contributed by atoms with Crippen molar-refractivity contribution in [1.82, 2.24) is 4.98 Å². The van der Waals surface area contributed by atoms with Crippen molar-refractivity contribution >= 4 is 10.2 Å². The summed E-state index contributed by atoms with van der Waals surface area (Å²) in [6, 6.07) is 0.183. The lowest BCUT2D eigenvalue weighted by Crippen LogP contribution is -2.07. The molecule has 0 spiro atoms. The summed E-state index contributed by atoms with van der Waals surface area (Å²) in [5.74, 6) is 0. The maximum Gasteiger partial charge on any atom is 0.417 e. The minimum Gasteiger partial charge on any atom is -0.263 e. The monoisotopic (exact) mass is 229 g/mol. The van der Waals surface area contributed by atoms with Gasteiger partial charge in [0.25, 0.3) is 0 Å². The zero-order valence-electron chi connectivity index (χ0n) is 6.42. The van der Waals surface area contributed by atoms with Gasteiger partial charge in [-0.05, 0) is 6.07 Å². The Kier molecular flexibility index (Phi) is 2.49. The molecule has 1 rings (SSSR count). The number of aromatic nitrogens is 1. The van der Waals surface area contributed by atoms with Crippen molar-refractivity contribution in [1.29, 1.82) is 0 Å². The summed E-state index contributed by atoms with van der Waals surface area (Å²) in [5, 5.41) is 0. The molecule has 8 heteroatoms. The second-order valence-electron chi connectivity index (χ2n) is 2.34. The van der Waals surface area contributed by atoms with Crippen molar-refractivity contribution in [3.05, 3.63) is 24.0 Å². The Morgan fingerprint density at radius 2 is 1.79 bits per heavy atom. The second-order valence-corrected chi connectivity index (χ2v) is 3.69. The van der Waals surface area contributed by atoms with Crippen LogP contribution >= 0.6 is 0 Å². The van der Waals surface area contributed by atoms with Gasteiger partial charge in [-0.15, -0.1) is 3.89 Å². The molecule has 0 radical (unpaired) electrons. The van der Waals surface area contributed by atoms with Crippen molar-refractivity contribution in [2.24, 2.45) is 0 Å². The Labute approximate surface area is 76.6 Å². The lowest BCUT2D eigenvalue weighted by Gasteiger charge is -2.05. The van der Waals surface area contributed by atoms with Gasteiger partial charge in [-0.25, -0.2) is 0 Å². The number of alkyl halides is 3. The van der Waals surface area contributed by atoms with Crippen LogP contribution in [0.1, 0.15) is 5.56 Å². The molecule has 0 N–H and O–H groups in total. The van der Waals surface area contributed by atoms with Crippen molar-refractivity contribution in [3.8, 4) is 0 Å². The van der Waals surface area contributed by atoms with Gasteiger partial charge in [0, 0.05) is 12.4 Å². The molecule has 0 aromatic carbocycles. The Morgan fingerprint density at radius 1 is 1.21 bits per heavy atom. The predicted octanol–water partition coefficient (Wildman–Crippen LogP) is 1.76. The van der Waals surface area contributed by atoms with Crippen molar-refractivity contribution in [2.75, 3.05) is 0 Å². The molecule has 0 amide bonds. The maximum atomic E-state index is 12.3. The average molecular weight is 229 g/mol. The first-order chi connectivity index (χ1) is 6.21. The van der Waals surface area contributed by atoms with Crippen LogP contribution in [-0.2, 0) is 16.4 Å². The van der Waals surface area contributed by atoms with Crippen LogP contribution in [0.3, 0.4) is 0 Å². The maximum absolute atomic E-state index is 12.3. The molecule has 1 aromatic heterocycles.